The summed E-state index contributed by atoms with van der Waals surface area (Å²) in [5, 5.41) is 20.8. The van der Waals surface area contributed by atoms with Crippen LogP contribution in [0.4, 0.5) is 5.13 Å². The number of rotatable bonds is 6. The van der Waals surface area contributed by atoms with E-state index in [1.165, 1.54) is 33.1 Å². The molecular weight excluding hydrogens is 494 g/mol. The summed E-state index contributed by atoms with van der Waals surface area (Å²) < 4.78 is 2.92. The molecule has 1 aliphatic carbocycles. The fourth-order valence-electron chi connectivity index (χ4n) is 4.69. The number of likely N-dealkylation sites (tertiary alicyclic amines) is 1. The molecule has 0 bridgehead atoms. The van der Waals surface area contributed by atoms with Crippen molar-refractivity contribution in [1.82, 2.24) is 29.2 Å². The van der Waals surface area contributed by atoms with Gasteiger partial charge in [0.05, 0.1) is 24.0 Å². The molecule has 11 nitrogen and oxygen atoms in total. The van der Waals surface area contributed by atoms with Crippen LogP contribution in [0.3, 0.4) is 0 Å². The number of benzene rings is 1. The molecule has 1 saturated carbocycles. The summed E-state index contributed by atoms with van der Waals surface area (Å²) in [5.41, 5.74) is -0.0418. The number of carbonyl (C=O) groups is 2. The molecule has 12 heteroatoms. The average molecular weight is 520 g/mol. The van der Waals surface area contributed by atoms with E-state index >= 15 is 0 Å². The molecule has 2 N–H and O–H groups in total. The maximum absolute atomic E-state index is 13.2. The van der Waals surface area contributed by atoms with Gasteiger partial charge in [0.25, 0.3) is 11.5 Å². The lowest BCUT2D eigenvalue weighted by molar-refractivity contribution is -0.137. The van der Waals surface area contributed by atoms with Crippen LogP contribution in [0.2, 0.25) is 0 Å². The van der Waals surface area contributed by atoms with E-state index in [0.717, 1.165) is 12.8 Å². The number of piperidine rings is 1. The number of hydrogen-bond donors (Lipinski definition) is 2. The Morgan fingerprint density at radius 2 is 2.00 bits per heavy atom. The predicted octanol–water partition coefficient (Wildman–Crippen LogP) is 2.05. The molecular formula is C25H25N7O4S. The van der Waals surface area contributed by atoms with Gasteiger partial charge in [-0.1, -0.05) is 6.07 Å². The smallest absolute Gasteiger partial charge is 0.264 e. The molecule has 3 aromatic heterocycles. The number of thiazole rings is 1. The third-order valence-electron chi connectivity index (χ3n) is 6.96. The summed E-state index contributed by atoms with van der Waals surface area (Å²) in [4.78, 5) is 48.5. The van der Waals surface area contributed by atoms with Gasteiger partial charge >= 0.3 is 0 Å². The molecule has 0 atom stereocenters. The molecule has 1 aromatic carbocycles. The van der Waals surface area contributed by atoms with E-state index in [0.29, 0.717) is 53.3 Å². The molecule has 0 unspecified atom stereocenters. The summed E-state index contributed by atoms with van der Waals surface area (Å²) in [6, 6.07) is 6.86. The Labute approximate surface area is 215 Å². The van der Waals surface area contributed by atoms with Gasteiger partial charge in [0.1, 0.15) is 11.7 Å². The first-order valence-corrected chi connectivity index (χ1v) is 13.0. The van der Waals surface area contributed by atoms with Crippen molar-refractivity contribution in [3.05, 3.63) is 64.3 Å². The Bertz CT molecular complexity index is 1530. The van der Waals surface area contributed by atoms with Crippen LogP contribution in [-0.4, -0.2) is 64.8 Å². The number of hydrogen-bond acceptors (Lipinski definition) is 8. The molecule has 2 aliphatic rings. The van der Waals surface area contributed by atoms with Gasteiger partial charge in [-0.3, -0.25) is 24.3 Å². The highest BCUT2D eigenvalue weighted by atomic mass is 32.1. The molecule has 1 aliphatic heterocycles. The molecule has 0 radical (unpaired) electrons. The summed E-state index contributed by atoms with van der Waals surface area (Å²) in [5.74, 6) is 0.0335. The largest absolute Gasteiger partial charge is 0.388 e. The van der Waals surface area contributed by atoms with Crippen molar-refractivity contribution in [3.63, 3.8) is 0 Å². The third-order valence-corrected chi connectivity index (χ3v) is 7.65. The van der Waals surface area contributed by atoms with Gasteiger partial charge < -0.3 is 10.0 Å². The zero-order valence-corrected chi connectivity index (χ0v) is 20.7. The first-order valence-electron chi connectivity index (χ1n) is 12.2. The number of carbonyl (C=O) groups excluding carboxylic acids is 2. The molecule has 1 saturated heterocycles. The van der Waals surface area contributed by atoms with Crippen molar-refractivity contribution < 1.29 is 14.7 Å². The molecule has 4 aromatic rings. The van der Waals surface area contributed by atoms with Crippen molar-refractivity contribution in [1.29, 1.82) is 0 Å². The highest BCUT2D eigenvalue weighted by Gasteiger charge is 2.39. The Balaban J connectivity index is 1.21. The number of nitrogens with zero attached hydrogens (tertiary/aromatic N) is 6. The fourth-order valence-corrected chi connectivity index (χ4v) is 5.21. The Morgan fingerprint density at radius 1 is 1.19 bits per heavy atom. The minimum atomic E-state index is -1.09. The van der Waals surface area contributed by atoms with Crippen molar-refractivity contribution >= 4 is 39.3 Å². The number of anilines is 1. The number of aliphatic hydroxyl groups is 1. The lowest BCUT2D eigenvalue weighted by Crippen LogP contribution is -2.50. The SMILES string of the molecule is O=C(Nc1nccs1)c1cccc(-n2ncc3c(=O)n(CC4(O)CCN(C(=O)C5CC5)CC4)cnc32)c1. The van der Waals surface area contributed by atoms with Crippen molar-refractivity contribution in [2.45, 2.75) is 37.8 Å². The van der Waals surface area contributed by atoms with E-state index in [2.05, 4.69) is 20.4 Å². The normalized spacial score (nSPS) is 17.2. The van der Waals surface area contributed by atoms with Gasteiger partial charge in [-0.2, -0.15) is 5.10 Å². The summed E-state index contributed by atoms with van der Waals surface area (Å²) >= 11 is 1.33. The molecule has 2 amide bonds. The molecule has 37 heavy (non-hydrogen) atoms. The predicted molar refractivity (Wildman–Crippen MR) is 137 cm³/mol. The standard InChI is InChI=1S/C25H25N7O4S/c33-21(29-24-26-8-11-37-24)17-2-1-3-18(12-17)32-20-19(13-28-32)23(35)31(15-27-20)14-25(36)6-9-30(10-7-25)22(34)16-4-5-16/h1-3,8,11-13,15-16,36H,4-7,9-10,14H2,(H,26,29,33). The van der Waals surface area contributed by atoms with E-state index in [-0.39, 0.29) is 29.8 Å². The quantitative estimate of drug-likeness (QED) is 0.398. The van der Waals surface area contributed by atoms with Crippen molar-refractivity contribution in [2.24, 2.45) is 5.92 Å². The van der Waals surface area contributed by atoms with Crippen molar-refractivity contribution in [2.75, 3.05) is 18.4 Å². The van der Waals surface area contributed by atoms with Crippen LogP contribution in [0.15, 0.2) is 53.2 Å². The summed E-state index contributed by atoms with van der Waals surface area (Å²) in [7, 11) is 0. The lowest BCUT2D eigenvalue weighted by Gasteiger charge is -2.38. The van der Waals surface area contributed by atoms with E-state index < -0.39 is 5.60 Å². The van der Waals surface area contributed by atoms with Crippen LogP contribution < -0.4 is 10.9 Å². The maximum atomic E-state index is 13.2. The number of amides is 2. The zero-order chi connectivity index (χ0) is 25.6. The van der Waals surface area contributed by atoms with E-state index in [1.54, 1.807) is 35.8 Å². The van der Waals surface area contributed by atoms with Crippen LogP contribution >= 0.6 is 11.3 Å². The zero-order valence-electron chi connectivity index (χ0n) is 19.9. The van der Waals surface area contributed by atoms with Gasteiger partial charge in [-0.25, -0.2) is 14.6 Å². The first-order chi connectivity index (χ1) is 17.9. The monoisotopic (exact) mass is 519 g/mol. The molecule has 0 spiro atoms. The van der Waals surface area contributed by atoms with Crippen molar-refractivity contribution in [3.8, 4) is 5.69 Å². The Kier molecular flexibility index (Phi) is 5.84. The topological polar surface area (TPSA) is 135 Å². The molecule has 190 valence electrons. The van der Waals surface area contributed by atoms with Gasteiger partial charge in [-0.05, 0) is 43.9 Å². The minimum absolute atomic E-state index is 0.0951. The Morgan fingerprint density at radius 3 is 2.73 bits per heavy atom. The van der Waals surface area contributed by atoms with Crippen LogP contribution in [0.25, 0.3) is 16.7 Å². The second-order valence-corrected chi connectivity index (χ2v) is 10.5. The van der Waals surface area contributed by atoms with E-state index in [1.807, 2.05) is 4.90 Å². The summed E-state index contributed by atoms with van der Waals surface area (Å²) in [6.07, 6.45) is 7.21. The molecule has 6 rings (SSSR count). The van der Waals surface area contributed by atoms with Crippen LogP contribution in [0.5, 0.6) is 0 Å². The van der Waals surface area contributed by atoms with Crippen LogP contribution in [-0.2, 0) is 11.3 Å². The lowest BCUT2D eigenvalue weighted by atomic mass is 9.91. The third kappa shape index (κ3) is 4.65. The van der Waals surface area contributed by atoms with Gasteiger partial charge in [-0.15, -0.1) is 11.3 Å². The second-order valence-electron chi connectivity index (χ2n) is 9.64. The summed E-state index contributed by atoms with van der Waals surface area (Å²) in [6.45, 7) is 1.07. The number of aromatic nitrogens is 5. The van der Waals surface area contributed by atoms with Gasteiger partial charge in [0, 0.05) is 36.1 Å². The average Bonchev–Trinajstić information content (AvgIpc) is 3.45. The van der Waals surface area contributed by atoms with E-state index in [4.69, 9.17) is 0 Å². The molecule has 4 heterocycles. The highest BCUT2D eigenvalue weighted by molar-refractivity contribution is 7.13. The maximum Gasteiger partial charge on any atom is 0.264 e. The minimum Gasteiger partial charge on any atom is -0.388 e. The second kappa shape index (κ2) is 9.20. The molecule has 2 fully saturated rings. The highest BCUT2D eigenvalue weighted by Crippen LogP contribution is 2.33. The fraction of sp³-hybridized carbons (Fsp3) is 0.360. The van der Waals surface area contributed by atoms with Crippen LogP contribution in [0, 0.1) is 5.92 Å². The first kappa shape index (κ1) is 23.5. The van der Waals surface area contributed by atoms with Gasteiger partial charge in [0.15, 0.2) is 10.8 Å². The van der Waals surface area contributed by atoms with Gasteiger partial charge in [0.2, 0.25) is 5.91 Å². The number of fused-ring (bicyclic) bond motifs is 1. The van der Waals surface area contributed by atoms with Crippen LogP contribution in [0.1, 0.15) is 36.0 Å². The Hall–Kier alpha value is -3.90. The number of nitrogens with one attached hydrogen (secondary N) is 1. The van der Waals surface area contributed by atoms with E-state index in [9.17, 15) is 19.5 Å².